The molecule has 2 aromatic rings. The van der Waals surface area contributed by atoms with Crippen molar-refractivity contribution in [2.45, 2.75) is 26.2 Å². The van der Waals surface area contributed by atoms with Crippen LogP contribution in [0.5, 0.6) is 0 Å². The molecule has 0 aliphatic heterocycles. The maximum Gasteiger partial charge on any atom is 0.105 e. The molecule has 0 bridgehead atoms. The van der Waals surface area contributed by atoms with E-state index in [0.717, 1.165) is 18.7 Å². The van der Waals surface area contributed by atoms with E-state index in [4.69, 9.17) is 0 Å². The van der Waals surface area contributed by atoms with Crippen LogP contribution in [-0.2, 0) is 19.9 Å². The van der Waals surface area contributed by atoms with Crippen molar-refractivity contribution < 1.29 is 0 Å². The largest absolute Gasteiger partial charge is 0.338 e. The first-order chi connectivity index (χ1) is 7.75. The van der Waals surface area contributed by atoms with Crippen LogP contribution >= 0.6 is 0 Å². The first-order valence-corrected chi connectivity index (χ1v) is 5.78. The van der Waals surface area contributed by atoms with Gasteiger partial charge < -0.3 is 4.57 Å². The van der Waals surface area contributed by atoms with Gasteiger partial charge in [-0.25, -0.2) is 4.98 Å². The zero-order valence-corrected chi connectivity index (χ0v) is 9.98. The molecule has 0 fully saturated rings. The van der Waals surface area contributed by atoms with E-state index in [-0.39, 0.29) is 0 Å². The molecule has 0 saturated heterocycles. The lowest BCUT2D eigenvalue weighted by molar-refractivity contribution is 0.802. The predicted octanol–water partition coefficient (Wildman–Crippen LogP) is 2.90. The smallest absolute Gasteiger partial charge is 0.105 e. The number of benzene rings is 1. The minimum absolute atomic E-state index is 1.07. The highest BCUT2D eigenvalue weighted by Gasteiger charge is 2.00. The van der Waals surface area contributed by atoms with E-state index < -0.39 is 0 Å². The second kappa shape index (κ2) is 4.97. The molecule has 1 aromatic carbocycles. The zero-order chi connectivity index (χ0) is 11.4. The van der Waals surface area contributed by atoms with E-state index in [0.29, 0.717) is 0 Å². The lowest BCUT2D eigenvalue weighted by Crippen LogP contribution is -1.90. The Morgan fingerprint density at radius 1 is 1.12 bits per heavy atom. The Hall–Kier alpha value is -1.57. The molecule has 0 unspecified atom stereocenters. The highest BCUT2D eigenvalue weighted by Crippen LogP contribution is 2.07. The second-order valence-corrected chi connectivity index (χ2v) is 4.23. The Kier molecular flexibility index (Phi) is 3.40. The number of aryl methyl sites for hydroxylation is 4. The van der Waals surface area contributed by atoms with Gasteiger partial charge in [0.05, 0.1) is 5.69 Å². The molecular weight excluding hydrogens is 196 g/mol. The van der Waals surface area contributed by atoms with Crippen molar-refractivity contribution in [1.29, 1.82) is 0 Å². The van der Waals surface area contributed by atoms with Gasteiger partial charge in [0.1, 0.15) is 5.82 Å². The molecule has 0 spiro atoms. The van der Waals surface area contributed by atoms with Gasteiger partial charge in [-0.05, 0) is 31.7 Å². The van der Waals surface area contributed by atoms with Crippen LogP contribution in [0.15, 0.2) is 36.5 Å². The van der Waals surface area contributed by atoms with Gasteiger partial charge in [0.2, 0.25) is 0 Å². The van der Waals surface area contributed by atoms with E-state index >= 15 is 0 Å². The molecule has 0 aliphatic rings. The summed E-state index contributed by atoms with van der Waals surface area (Å²) in [5, 5.41) is 0. The number of nitrogens with zero attached hydrogens (tertiary/aromatic N) is 2. The SMILES string of the molecule is Cc1nc(CCCc2ccccc2)cn1C. The quantitative estimate of drug-likeness (QED) is 0.765. The average molecular weight is 214 g/mol. The summed E-state index contributed by atoms with van der Waals surface area (Å²) in [6.45, 7) is 2.04. The fourth-order valence-corrected chi connectivity index (χ4v) is 1.87. The Morgan fingerprint density at radius 2 is 1.88 bits per heavy atom. The highest BCUT2D eigenvalue weighted by atomic mass is 15.0. The molecule has 0 aliphatic carbocycles. The van der Waals surface area contributed by atoms with E-state index in [1.54, 1.807) is 0 Å². The number of rotatable bonds is 4. The molecule has 2 rings (SSSR count). The molecule has 0 radical (unpaired) electrons. The summed E-state index contributed by atoms with van der Waals surface area (Å²) in [5.41, 5.74) is 2.62. The normalized spacial score (nSPS) is 10.6. The summed E-state index contributed by atoms with van der Waals surface area (Å²) in [4.78, 5) is 4.50. The minimum Gasteiger partial charge on any atom is -0.338 e. The van der Waals surface area contributed by atoms with Crippen LogP contribution in [0.2, 0.25) is 0 Å². The Morgan fingerprint density at radius 3 is 2.50 bits per heavy atom. The van der Waals surface area contributed by atoms with Gasteiger partial charge in [0, 0.05) is 13.2 Å². The van der Waals surface area contributed by atoms with Gasteiger partial charge in [0.15, 0.2) is 0 Å². The summed E-state index contributed by atoms with van der Waals surface area (Å²) >= 11 is 0. The number of aromatic nitrogens is 2. The number of imidazole rings is 1. The standard InChI is InChI=1S/C14H18N2/c1-12-15-14(11-16(12)2)10-6-9-13-7-4-3-5-8-13/h3-5,7-8,11H,6,9-10H2,1-2H3. The topological polar surface area (TPSA) is 17.8 Å². The van der Waals surface area contributed by atoms with Gasteiger partial charge >= 0.3 is 0 Å². The van der Waals surface area contributed by atoms with Crippen molar-refractivity contribution in [3.8, 4) is 0 Å². The Balaban J connectivity index is 1.84. The lowest BCUT2D eigenvalue weighted by Gasteiger charge is -1.99. The van der Waals surface area contributed by atoms with Crippen molar-refractivity contribution in [3.63, 3.8) is 0 Å². The van der Waals surface area contributed by atoms with Crippen molar-refractivity contribution in [2.75, 3.05) is 0 Å². The Bertz CT molecular complexity index is 424. The molecule has 0 amide bonds. The zero-order valence-electron chi connectivity index (χ0n) is 9.98. The number of hydrogen-bond donors (Lipinski definition) is 0. The van der Waals surface area contributed by atoms with E-state index in [1.807, 2.05) is 14.0 Å². The molecule has 1 heterocycles. The van der Waals surface area contributed by atoms with Crippen LogP contribution in [0.1, 0.15) is 23.5 Å². The third-order valence-electron chi connectivity index (χ3n) is 2.90. The maximum absolute atomic E-state index is 4.50. The van der Waals surface area contributed by atoms with Gasteiger partial charge in [-0.15, -0.1) is 0 Å². The lowest BCUT2D eigenvalue weighted by atomic mass is 10.1. The van der Waals surface area contributed by atoms with Crippen LogP contribution in [0.4, 0.5) is 0 Å². The molecule has 0 N–H and O–H groups in total. The molecule has 0 saturated carbocycles. The molecular formula is C14H18N2. The van der Waals surface area contributed by atoms with Crippen LogP contribution in [0.3, 0.4) is 0 Å². The average Bonchev–Trinajstić information content (AvgIpc) is 2.60. The Labute approximate surface area is 97.0 Å². The third-order valence-corrected chi connectivity index (χ3v) is 2.90. The van der Waals surface area contributed by atoms with Gasteiger partial charge in [-0.3, -0.25) is 0 Å². The van der Waals surface area contributed by atoms with Gasteiger partial charge in [-0.1, -0.05) is 30.3 Å². The first-order valence-electron chi connectivity index (χ1n) is 5.78. The highest BCUT2D eigenvalue weighted by molar-refractivity contribution is 5.15. The maximum atomic E-state index is 4.50. The second-order valence-electron chi connectivity index (χ2n) is 4.23. The van der Waals surface area contributed by atoms with Crippen molar-refractivity contribution in [1.82, 2.24) is 9.55 Å². The summed E-state index contributed by atoms with van der Waals surface area (Å²) in [5.74, 6) is 1.09. The van der Waals surface area contributed by atoms with Crippen molar-refractivity contribution in [3.05, 3.63) is 53.6 Å². The van der Waals surface area contributed by atoms with Crippen LogP contribution in [0, 0.1) is 6.92 Å². The summed E-state index contributed by atoms with van der Waals surface area (Å²) in [6, 6.07) is 10.6. The van der Waals surface area contributed by atoms with E-state index in [9.17, 15) is 0 Å². The predicted molar refractivity (Wildman–Crippen MR) is 66.4 cm³/mol. The first kappa shape index (κ1) is 10.9. The van der Waals surface area contributed by atoms with Crippen LogP contribution in [0.25, 0.3) is 0 Å². The fraction of sp³-hybridized carbons (Fsp3) is 0.357. The van der Waals surface area contributed by atoms with E-state index in [2.05, 4.69) is 46.1 Å². The molecule has 84 valence electrons. The minimum atomic E-state index is 1.07. The molecule has 2 nitrogen and oxygen atoms in total. The monoisotopic (exact) mass is 214 g/mol. The molecule has 2 heteroatoms. The number of hydrogen-bond acceptors (Lipinski definition) is 1. The summed E-state index contributed by atoms with van der Waals surface area (Å²) < 4.78 is 2.08. The van der Waals surface area contributed by atoms with Crippen LogP contribution in [-0.4, -0.2) is 9.55 Å². The summed E-state index contributed by atoms with van der Waals surface area (Å²) in [7, 11) is 2.04. The van der Waals surface area contributed by atoms with Crippen molar-refractivity contribution in [2.24, 2.45) is 7.05 Å². The molecule has 1 aromatic heterocycles. The molecule has 0 atom stereocenters. The molecule has 16 heavy (non-hydrogen) atoms. The van der Waals surface area contributed by atoms with Crippen molar-refractivity contribution >= 4 is 0 Å². The summed E-state index contributed by atoms with van der Waals surface area (Å²) in [6.07, 6.45) is 5.49. The van der Waals surface area contributed by atoms with E-state index in [1.165, 1.54) is 17.7 Å². The fourth-order valence-electron chi connectivity index (χ4n) is 1.87. The van der Waals surface area contributed by atoms with Crippen LogP contribution < -0.4 is 0 Å². The van der Waals surface area contributed by atoms with Gasteiger partial charge in [0.25, 0.3) is 0 Å². The third kappa shape index (κ3) is 2.72. The van der Waals surface area contributed by atoms with Gasteiger partial charge in [-0.2, -0.15) is 0 Å².